The molecule has 130 valence electrons. The molecule has 0 aliphatic carbocycles. The Morgan fingerprint density at radius 3 is 3.04 bits per heavy atom. The Balaban J connectivity index is 1.78. The number of nitrogens with zero attached hydrogens (tertiary/aromatic N) is 1. The summed E-state index contributed by atoms with van der Waals surface area (Å²) in [6.45, 7) is 8.65. The second-order valence-corrected chi connectivity index (χ2v) is 7.74. The molecule has 2 unspecified atom stereocenters. The van der Waals surface area contributed by atoms with Crippen LogP contribution in [0.3, 0.4) is 0 Å². The van der Waals surface area contributed by atoms with Crippen molar-refractivity contribution in [3.05, 3.63) is 21.9 Å². The van der Waals surface area contributed by atoms with Crippen LogP contribution in [0.2, 0.25) is 0 Å². The van der Waals surface area contributed by atoms with Crippen LogP contribution < -0.4 is 10.6 Å². The number of rotatable bonds is 7. The van der Waals surface area contributed by atoms with Gasteiger partial charge in [0, 0.05) is 30.6 Å². The molecule has 1 aliphatic rings. The van der Waals surface area contributed by atoms with E-state index in [4.69, 9.17) is 0 Å². The molecule has 2 rings (SSSR count). The first-order chi connectivity index (χ1) is 11.0. The van der Waals surface area contributed by atoms with Gasteiger partial charge in [0.1, 0.15) is 0 Å². The lowest BCUT2D eigenvalue weighted by atomic mass is 9.98. The van der Waals surface area contributed by atoms with Crippen LogP contribution in [0.4, 0.5) is 4.79 Å². The summed E-state index contributed by atoms with van der Waals surface area (Å²) in [5, 5.41) is 17.5. The Kier molecular flexibility index (Phi) is 6.44. The maximum Gasteiger partial charge on any atom is 0.315 e. The fraction of sp³-hybridized carbons (Fsp3) is 0.706. The molecule has 1 aromatic heterocycles. The van der Waals surface area contributed by atoms with Gasteiger partial charge >= 0.3 is 6.03 Å². The number of nitrogens with one attached hydrogen (secondary N) is 2. The standard InChI is InChI=1S/C17H29N3O2S/c1-4-7-17(3,12-21)19-16(22)18-10-13(2)20-8-5-15-14(11-20)6-9-23-15/h6,9,13,21H,4-5,7-8,10-12H2,1-3H3,(H2,18,19,22). The summed E-state index contributed by atoms with van der Waals surface area (Å²) < 4.78 is 0. The lowest BCUT2D eigenvalue weighted by Crippen LogP contribution is -2.54. The van der Waals surface area contributed by atoms with Gasteiger partial charge in [0.05, 0.1) is 12.1 Å². The van der Waals surface area contributed by atoms with E-state index in [-0.39, 0.29) is 12.6 Å². The maximum absolute atomic E-state index is 12.1. The summed E-state index contributed by atoms with van der Waals surface area (Å²) in [4.78, 5) is 16.0. The molecule has 3 N–H and O–H groups in total. The van der Waals surface area contributed by atoms with Crippen molar-refractivity contribution in [2.75, 3.05) is 19.7 Å². The van der Waals surface area contributed by atoms with Crippen molar-refractivity contribution in [1.29, 1.82) is 0 Å². The summed E-state index contributed by atoms with van der Waals surface area (Å²) >= 11 is 1.84. The minimum atomic E-state index is -0.543. The topological polar surface area (TPSA) is 64.6 Å². The van der Waals surface area contributed by atoms with Crippen LogP contribution in [-0.2, 0) is 13.0 Å². The Morgan fingerprint density at radius 1 is 1.57 bits per heavy atom. The van der Waals surface area contributed by atoms with E-state index < -0.39 is 5.54 Å². The van der Waals surface area contributed by atoms with E-state index in [1.165, 1.54) is 10.4 Å². The summed E-state index contributed by atoms with van der Waals surface area (Å²) in [6.07, 6.45) is 2.78. The molecule has 1 aliphatic heterocycles. The Labute approximate surface area is 143 Å². The minimum absolute atomic E-state index is 0.0448. The highest BCUT2D eigenvalue weighted by Crippen LogP contribution is 2.24. The molecule has 2 atom stereocenters. The first-order valence-electron chi connectivity index (χ1n) is 8.43. The summed E-state index contributed by atoms with van der Waals surface area (Å²) in [5.74, 6) is 0. The van der Waals surface area contributed by atoms with E-state index in [9.17, 15) is 9.90 Å². The molecule has 23 heavy (non-hydrogen) atoms. The molecule has 0 saturated heterocycles. The number of fused-ring (bicyclic) bond motifs is 1. The highest BCUT2D eigenvalue weighted by molar-refractivity contribution is 7.10. The molecule has 0 bridgehead atoms. The molecule has 0 aromatic carbocycles. The van der Waals surface area contributed by atoms with Crippen molar-refractivity contribution < 1.29 is 9.90 Å². The van der Waals surface area contributed by atoms with E-state index in [1.807, 2.05) is 25.2 Å². The van der Waals surface area contributed by atoms with Gasteiger partial charge in [-0.1, -0.05) is 13.3 Å². The van der Waals surface area contributed by atoms with Crippen molar-refractivity contribution >= 4 is 17.4 Å². The first kappa shape index (κ1) is 18.2. The van der Waals surface area contributed by atoms with Crippen LogP contribution in [0.25, 0.3) is 0 Å². The van der Waals surface area contributed by atoms with E-state index >= 15 is 0 Å². The average molecular weight is 340 g/mol. The van der Waals surface area contributed by atoms with Gasteiger partial charge in [-0.25, -0.2) is 4.79 Å². The number of amides is 2. The number of thiophene rings is 1. The normalized spacial score (nSPS) is 18.8. The number of aliphatic hydroxyl groups excluding tert-OH is 1. The van der Waals surface area contributed by atoms with E-state index in [0.717, 1.165) is 32.4 Å². The molecule has 1 aromatic rings. The lowest BCUT2D eigenvalue weighted by molar-refractivity contribution is 0.158. The van der Waals surface area contributed by atoms with Gasteiger partial charge in [-0.05, 0) is 43.7 Å². The van der Waals surface area contributed by atoms with Gasteiger partial charge in [0.2, 0.25) is 0 Å². The van der Waals surface area contributed by atoms with Crippen LogP contribution in [-0.4, -0.2) is 47.3 Å². The highest BCUT2D eigenvalue weighted by Gasteiger charge is 2.25. The number of carbonyl (C=O) groups is 1. The number of carbonyl (C=O) groups excluding carboxylic acids is 1. The third kappa shape index (κ3) is 4.93. The maximum atomic E-state index is 12.1. The number of hydrogen-bond donors (Lipinski definition) is 3. The van der Waals surface area contributed by atoms with Crippen LogP contribution in [0.5, 0.6) is 0 Å². The van der Waals surface area contributed by atoms with Crippen molar-refractivity contribution in [3.8, 4) is 0 Å². The third-order valence-corrected chi connectivity index (χ3v) is 5.61. The van der Waals surface area contributed by atoms with Crippen molar-refractivity contribution in [3.63, 3.8) is 0 Å². The second-order valence-electron chi connectivity index (χ2n) is 6.74. The predicted molar refractivity (Wildman–Crippen MR) is 94.8 cm³/mol. The highest BCUT2D eigenvalue weighted by atomic mass is 32.1. The van der Waals surface area contributed by atoms with Crippen LogP contribution in [0.1, 0.15) is 44.1 Å². The van der Waals surface area contributed by atoms with E-state index in [0.29, 0.717) is 12.6 Å². The van der Waals surface area contributed by atoms with E-state index in [1.54, 1.807) is 0 Å². The summed E-state index contributed by atoms with van der Waals surface area (Å²) in [5.41, 5.74) is 0.882. The van der Waals surface area contributed by atoms with Gasteiger partial charge in [-0.2, -0.15) is 0 Å². The average Bonchev–Trinajstić information content (AvgIpc) is 3.00. The van der Waals surface area contributed by atoms with Crippen LogP contribution in [0.15, 0.2) is 11.4 Å². The fourth-order valence-corrected chi connectivity index (χ4v) is 3.96. The molecule has 6 heteroatoms. The smallest absolute Gasteiger partial charge is 0.315 e. The van der Waals surface area contributed by atoms with Crippen molar-refractivity contribution in [2.24, 2.45) is 0 Å². The van der Waals surface area contributed by atoms with Gasteiger partial charge in [0.25, 0.3) is 0 Å². The van der Waals surface area contributed by atoms with Gasteiger partial charge in [-0.15, -0.1) is 11.3 Å². The van der Waals surface area contributed by atoms with Gasteiger partial charge in [0.15, 0.2) is 0 Å². The molecular weight excluding hydrogens is 310 g/mol. The Morgan fingerprint density at radius 2 is 2.35 bits per heavy atom. The zero-order valence-corrected chi connectivity index (χ0v) is 15.2. The second kappa shape index (κ2) is 8.13. The third-order valence-electron chi connectivity index (χ3n) is 4.58. The van der Waals surface area contributed by atoms with Crippen LogP contribution in [0, 0.1) is 0 Å². The Bertz CT molecular complexity index is 520. The summed E-state index contributed by atoms with van der Waals surface area (Å²) in [7, 11) is 0. The number of aliphatic hydroxyl groups is 1. The first-order valence-corrected chi connectivity index (χ1v) is 9.31. The van der Waals surface area contributed by atoms with Crippen molar-refractivity contribution in [2.45, 2.75) is 58.2 Å². The van der Waals surface area contributed by atoms with Gasteiger partial charge in [-0.3, -0.25) is 4.90 Å². The quantitative estimate of drug-likeness (QED) is 0.714. The molecule has 0 saturated carbocycles. The fourth-order valence-electron chi connectivity index (χ4n) is 3.07. The largest absolute Gasteiger partial charge is 0.394 e. The zero-order chi connectivity index (χ0) is 16.9. The number of hydrogen-bond acceptors (Lipinski definition) is 4. The van der Waals surface area contributed by atoms with Gasteiger partial charge < -0.3 is 15.7 Å². The summed E-state index contributed by atoms with van der Waals surface area (Å²) in [6, 6.07) is 2.30. The molecule has 2 heterocycles. The minimum Gasteiger partial charge on any atom is -0.394 e. The predicted octanol–water partition coefficient (Wildman–Crippen LogP) is 2.35. The molecule has 5 nitrogen and oxygen atoms in total. The SMILES string of the molecule is CCCC(C)(CO)NC(=O)NCC(C)N1CCc2sccc2C1. The van der Waals surface area contributed by atoms with E-state index in [2.05, 4.69) is 33.9 Å². The zero-order valence-electron chi connectivity index (χ0n) is 14.4. The molecule has 2 amide bonds. The Hall–Kier alpha value is -1.11. The van der Waals surface area contributed by atoms with Crippen molar-refractivity contribution in [1.82, 2.24) is 15.5 Å². The number of urea groups is 1. The van der Waals surface area contributed by atoms with Crippen LogP contribution >= 0.6 is 11.3 Å². The molecule has 0 fully saturated rings. The molecule has 0 radical (unpaired) electrons. The molecular formula is C17H29N3O2S. The molecule has 0 spiro atoms. The lowest BCUT2D eigenvalue weighted by Gasteiger charge is -2.33. The monoisotopic (exact) mass is 339 g/mol.